The Morgan fingerprint density at radius 3 is 2.72 bits per heavy atom. The molecule has 0 aliphatic heterocycles. The topological polar surface area (TPSA) is 110 Å². The Balaban J connectivity index is 1.37. The van der Waals surface area contributed by atoms with E-state index < -0.39 is 0 Å². The van der Waals surface area contributed by atoms with Gasteiger partial charge in [-0.3, -0.25) is 14.6 Å². The summed E-state index contributed by atoms with van der Waals surface area (Å²) in [7, 11) is 0. The highest BCUT2D eigenvalue weighted by Crippen LogP contribution is 2.21. The van der Waals surface area contributed by atoms with Crippen LogP contribution >= 0.6 is 0 Å². The first-order valence-corrected chi connectivity index (χ1v) is 9.96. The van der Waals surface area contributed by atoms with Crippen LogP contribution in [0.5, 0.6) is 0 Å². The zero-order valence-electron chi connectivity index (χ0n) is 16.1. The Labute approximate surface area is 168 Å². The highest BCUT2D eigenvalue weighted by molar-refractivity contribution is 6.01. The van der Waals surface area contributed by atoms with Crippen molar-refractivity contribution in [2.24, 2.45) is 0 Å². The first-order valence-electron chi connectivity index (χ1n) is 9.96. The molecule has 150 valence electrons. The standard InChI is InChI=1S/C21H23N5O3/c27-19(24-17-11-5-10-16-15(17)9-6-12-22-16)13-18-25-21(29-26-18)20(28)23-14-7-3-1-2-4-8-14/h5-6,9-12,14H,1-4,7-8,13H2,(H,23,28)(H,24,27). The maximum absolute atomic E-state index is 12.4. The van der Waals surface area contributed by atoms with Crippen LogP contribution in [0.25, 0.3) is 10.9 Å². The third-order valence-electron chi connectivity index (χ3n) is 5.09. The normalized spacial score (nSPS) is 15.0. The van der Waals surface area contributed by atoms with E-state index in [1.165, 1.54) is 12.8 Å². The van der Waals surface area contributed by atoms with E-state index in [9.17, 15) is 9.59 Å². The van der Waals surface area contributed by atoms with Crippen LogP contribution < -0.4 is 10.6 Å². The largest absolute Gasteiger partial charge is 0.345 e. The van der Waals surface area contributed by atoms with Gasteiger partial charge in [-0.25, -0.2) is 0 Å². The molecule has 0 spiro atoms. The second kappa shape index (κ2) is 8.81. The number of amides is 2. The molecule has 0 unspecified atom stereocenters. The molecule has 1 aromatic carbocycles. The van der Waals surface area contributed by atoms with Crippen LogP contribution in [0, 0.1) is 0 Å². The van der Waals surface area contributed by atoms with Gasteiger partial charge in [-0.05, 0) is 37.1 Å². The fraction of sp³-hybridized carbons (Fsp3) is 0.381. The van der Waals surface area contributed by atoms with Crippen LogP contribution in [-0.4, -0.2) is 33.0 Å². The van der Waals surface area contributed by atoms with Crippen molar-refractivity contribution < 1.29 is 14.1 Å². The summed E-state index contributed by atoms with van der Waals surface area (Å²) in [5, 5.41) is 10.4. The van der Waals surface area contributed by atoms with Crippen LogP contribution in [0.1, 0.15) is 55.0 Å². The Morgan fingerprint density at radius 2 is 1.90 bits per heavy atom. The number of fused-ring (bicyclic) bond motifs is 1. The molecule has 0 bridgehead atoms. The number of hydrogen-bond acceptors (Lipinski definition) is 6. The van der Waals surface area contributed by atoms with Gasteiger partial charge < -0.3 is 15.2 Å². The van der Waals surface area contributed by atoms with Gasteiger partial charge in [0.1, 0.15) is 0 Å². The third kappa shape index (κ3) is 4.77. The zero-order chi connectivity index (χ0) is 20.1. The van der Waals surface area contributed by atoms with Crippen molar-refractivity contribution in [2.45, 2.75) is 51.0 Å². The number of benzene rings is 1. The summed E-state index contributed by atoms with van der Waals surface area (Å²) in [6.45, 7) is 0. The van der Waals surface area contributed by atoms with Gasteiger partial charge >= 0.3 is 11.8 Å². The van der Waals surface area contributed by atoms with Gasteiger partial charge in [0.2, 0.25) is 5.91 Å². The average Bonchev–Trinajstić information content (AvgIpc) is 3.04. The van der Waals surface area contributed by atoms with Gasteiger partial charge in [-0.2, -0.15) is 4.98 Å². The van der Waals surface area contributed by atoms with E-state index in [0.29, 0.717) is 5.69 Å². The Bertz CT molecular complexity index is 1000. The van der Waals surface area contributed by atoms with E-state index in [1.807, 2.05) is 30.3 Å². The van der Waals surface area contributed by atoms with Crippen molar-refractivity contribution in [3.63, 3.8) is 0 Å². The molecule has 2 amide bonds. The van der Waals surface area contributed by atoms with Crippen LogP contribution in [0.2, 0.25) is 0 Å². The molecule has 0 radical (unpaired) electrons. The maximum Gasteiger partial charge on any atom is 0.315 e. The van der Waals surface area contributed by atoms with Crippen molar-refractivity contribution in [3.05, 3.63) is 48.2 Å². The smallest absolute Gasteiger partial charge is 0.315 e. The minimum atomic E-state index is -0.379. The molecule has 29 heavy (non-hydrogen) atoms. The van der Waals surface area contributed by atoms with E-state index >= 15 is 0 Å². The SMILES string of the molecule is O=C(Cc1noc(C(=O)NC2CCCCCC2)n1)Nc1cccc2ncccc12. The van der Waals surface area contributed by atoms with Gasteiger partial charge in [0.25, 0.3) is 0 Å². The molecule has 2 aromatic heterocycles. The summed E-state index contributed by atoms with van der Waals surface area (Å²) in [5.41, 5.74) is 1.46. The van der Waals surface area contributed by atoms with Gasteiger partial charge in [-0.15, -0.1) is 0 Å². The quantitative estimate of drug-likeness (QED) is 0.644. The molecular weight excluding hydrogens is 370 g/mol. The lowest BCUT2D eigenvalue weighted by atomic mass is 10.1. The molecule has 2 N–H and O–H groups in total. The molecule has 1 aliphatic carbocycles. The summed E-state index contributed by atoms with van der Waals surface area (Å²) in [5.74, 6) is -0.604. The summed E-state index contributed by atoms with van der Waals surface area (Å²) >= 11 is 0. The zero-order valence-corrected chi connectivity index (χ0v) is 16.1. The van der Waals surface area contributed by atoms with Crippen LogP contribution in [-0.2, 0) is 11.2 Å². The second-order valence-corrected chi connectivity index (χ2v) is 7.28. The van der Waals surface area contributed by atoms with Crippen molar-refractivity contribution in [1.82, 2.24) is 20.4 Å². The average molecular weight is 393 g/mol. The molecule has 4 rings (SSSR count). The minimum absolute atomic E-state index is 0.0865. The molecule has 2 heterocycles. The number of anilines is 1. The third-order valence-corrected chi connectivity index (χ3v) is 5.09. The lowest BCUT2D eigenvalue weighted by molar-refractivity contribution is -0.115. The lowest BCUT2D eigenvalue weighted by Gasteiger charge is -2.14. The van der Waals surface area contributed by atoms with Gasteiger partial charge in [-0.1, -0.05) is 36.9 Å². The number of pyridine rings is 1. The predicted octanol–water partition coefficient (Wildman–Crippen LogP) is 3.25. The summed E-state index contributed by atoms with van der Waals surface area (Å²) in [4.78, 5) is 33.1. The lowest BCUT2D eigenvalue weighted by Crippen LogP contribution is -2.34. The highest BCUT2D eigenvalue weighted by atomic mass is 16.5. The van der Waals surface area contributed by atoms with Crippen LogP contribution in [0.3, 0.4) is 0 Å². The molecule has 1 aliphatic rings. The van der Waals surface area contributed by atoms with Crippen molar-refractivity contribution in [2.75, 3.05) is 5.32 Å². The highest BCUT2D eigenvalue weighted by Gasteiger charge is 2.21. The Kier molecular flexibility index (Phi) is 5.79. The fourth-order valence-corrected chi connectivity index (χ4v) is 3.64. The fourth-order valence-electron chi connectivity index (χ4n) is 3.64. The summed E-state index contributed by atoms with van der Waals surface area (Å²) < 4.78 is 5.06. The van der Waals surface area contributed by atoms with E-state index in [4.69, 9.17) is 4.52 Å². The monoisotopic (exact) mass is 393 g/mol. The molecule has 1 fully saturated rings. The molecule has 3 aromatic rings. The van der Waals surface area contributed by atoms with E-state index in [0.717, 1.165) is 36.6 Å². The van der Waals surface area contributed by atoms with Gasteiger partial charge in [0, 0.05) is 17.6 Å². The Morgan fingerprint density at radius 1 is 1.07 bits per heavy atom. The number of nitrogens with one attached hydrogen (secondary N) is 2. The summed E-state index contributed by atoms with van der Waals surface area (Å²) in [6, 6.07) is 9.37. The van der Waals surface area contributed by atoms with Crippen molar-refractivity contribution in [3.8, 4) is 0 Å². The molecule has 8 heteroatoms. The van der Waals surface area contributed by atoms with Gasteiger partial charge in [0.15, 0.2) is 5.82 Å². The number of carbonyl (C=O) groups excluding carboxylic acids is 2. The van der Waals surface area contributed by atoms with E-state index in [1.54, 1.807) is 6.20 Å². The number of carbonyl (C=O) groups is 2. The molecule has 1 saturated carbocycles. The minimum Gasteiger partial charge on any atom is -0.345 e. The Hall–Kier alpha value is -3.29. The van der Waals surface area contributed by atoms with E-state index in [2.05, 4.69) is 25.8 Å². The second-order valence-electron chi connectivity index (χ2n) is 7.28. The maximum atomic E-state index is 12.4. The van der Waals surface area contributed by atoms with E-state index in [-0.39, 0.29) is 36.0 Å². The molecule has 8 nitrogen and oxygen atoms in total. The van der Waals surface area contributed by atoms with Crippen LogP contribution in [0.4, 0.5) is 5.69 Å². The van der Waals surface area contributed by atoms with Crippen molar-refractivity contribution in [1.29, 1.82) is 0 Å². The molecular formula is C21H23N5O3. The number of hydrogen-bond donors (Lipinski definition) is 2. The summed E-state index contributed by atoms with van der Waals surface area (Å²) in [6.07, 6.45) is 8.20. The number of aromatic nitrogens is 3. The molecule has 0 atom stereocenters. The first-order chi connectivity index (χ1) is 14.2. The van der Waals surface area contributed by atoms with Crippen molar-refractivity contribution >= 4 is 28.4 Å². The predicted molar refractivity (Wildman–Crippen MR) is 107 cm³/mol. The first kappa shape index (κ1) is 19.0. The number of rotatable bonds is 5. The number of nitrogens with zero attached hydrogens (tertiary/aromatic N) is 3. The van der Waals surface area contributed by atoms with Crippen LogP contribution in [0.15, 0.2) is 41.1 Å². The van der Waals surface area contributed by atoms with Gasteiger partial charge in [0.05, 0.1) is 17.6 Å². The molecule has 0 saturated heterocycles.